The number of thioether (sulfide) groups is 1. The van der Waals surface area contributed by atoms with Gasteiger partial charge in [-0.1, -0.05) is 12.1 Å². The van der Waals surface area contributed by atoms with Crippen molar-refractivity contribution in [3.05, 3.63) is 29.3 Å². The molecule has 1 fully saturated rings. The minimum Gasteiger partial charge on any atom is -0.355 e. The normalized spacial score (nSPS) is 16.2. The third kappa shape index (κ3) is 8.23. The van der Waals surface area contributed by atoms with E-state index >= 15 is 0 Å². The molecule has 0 spiro atoms. The van der Waals surface area contributed by atoms with Crippen molar-refractivity contribution in [1.29, 1.82) is 0 Å². The van der Waals surface area contributed by atoms with Gasteiger partial charge in [0.15, 0.2) is 15.8 Å². The van der Waals surface area contributed by atoms with Crippen molar-refractivity contribution in [2.45, 2.75) is 18.4 Å². The third-order valence-electron chi connectivity index (χ3n) is 4.34. The zero-order valence-corrected chi connectivity index (χ0v) is 21.6. The molecule has 1 aliphatic rings. The molecule has 1 aliphatic heterocycles. The van der Waals surface area contributed by atoms with Gasteiger partial charge in [0.05, 0.1) is 10.6 Å². The summed E-state index contributed by atoms with van der Waals surface area (Å²) >= 11 is 1.77. The van der Waals surface area contributed by atoms with Crippen LogP contribution in [0, 0.1) is 6.92 Å². The Morgan fingerprint density at radius 2 is 1.83 bits per heavy atom. The van der Waals surface area contributed by atoms with E-state index in [1.165, 1.54) is 6.26 Å². The average molecular weight is 577 g/mol. The first kappa shape index (κ1) is 26.5. The van der Waals surface area contributed by atoms with Crippen LogP contribution in [0.2, 0.25) is 0 Å². The van der Waals surface area contributed by atoms with Crippen LogP contribution < -0.4 is 10.6 Å². The number of nitrogens with one attached hydrogen (secondary N) is 2. The lowest BCUT2D eigenvalue weighted by molar-refractivity contribution is 0.443. The van der Waals surface area contributed by atoms with Gasteiger partial charge in [0.1, 0.15) is 0 Å². The Bertz CT molecular complexity index is 915. The maximum absolute atomic E-state index is 12.4. The van der Waals surface area contributed by atoms with E-state index in [-0.39, 0.29) is 36.3 Å². The number of hydrogen-bond acceptors (Lipinski definition) is 6. The second-order valence-electron chi connectivity index (χ2n) is 6.55. The summed E-state index contributed by atoms with van der Waals surface area (Å²) in [5.41, 5.74) is 1.60. The van der Waals surface area contributed by atoms with E-state index in [9.17, 15) is 16.8 Å². The molecule has 0 amide bonds. The third-order valence-corrected chi connectivity index (χ3v) is 8.41. The van der Waals surface area contributed by atoms with Gasteiger partial charge in [0, 0.05) is 51.0 Å². The zero-order valence-electron chi connectivity index (χ0n) is 16.8. The highest BCUT2D eigenvalue weighted by atomic mass is 127. The largest absolute Gasteiger partial charge is 0.355 e. The molecule has 0 radical (unpaired) electrons. The molecule has 0 unspecified atom stereocenters. The first-order valence-corrected chi connectivity index (χ1v) is 13.6. The van der Waals surface area contributed by atoms with Crippen molar-refractivity contribution in [2.24, 2.45) is 4.99 Å². The Morgan fingerprint density at radius 3 is 2.38 bits per heavy atom. The number of aliphatic imine (C=N–C) groups is 1. The fraction of sp³-hybridized carbons (Fsp3) is 0.588. The molecule has 12 heteroatoms. The van der Waals surface area contributed by atoms with Crippen LogP contribution in [-0.4, -0.2) is 77.3 Å². The van der Waals surface area contributed by atoms with Crippen LogP contribution in [0.4, 0.5) is 0 Å². The van der Waals surface area contributed by atoms with E-state index in [4.69, 9.17) is 0 Å². The van der Waals surface area contributed by atoms with E-state index in [1.54, 1.807) is 42.2 Å². The van der Waals surface area contributed by atoms with Gasteiger partial charge in [0.25, 0.3) is 0 Å². The second-order valence-corrected chi connectivity index (χ2v) is 11.8. The molecular formula is C17H29IN4O4S3. The lowest BCUT2D eigenvalue weighted by atomic mass is 10.1. The van der Waals surface area contributed by atoms with Gasteiger partial charge < -0.3 is 10.6 Å². The van der Waals surface area contributed by atoms with Gasteiger partial charge >= 0.3 is 0 Å². The summed E-state index contributed by atoms with van der Waals surface area (Å²) in [5.74, 6) is 2.19. The topological polar surface area (TPSA) is 108 Å². The van der Waals surface area contributed by atoms with Crippen molar-refractivity contribution < 1.29 is 16.8 Å². The molecule has 8 nitrogen and oxygen atoms in total. The molecule has 0 aliphatic carbocycles. The Hall–Kier alpha value is -0.570. The van der Waals surface area contributed by atoms with Gasteiger partial charge in [-0.3, -0.25) is 4.99 Å². The molecule has 1 aromatic rings. The van der Waals surface area contributed by atoms with E-state index in [1.807, 2.05) is 6.07 Å². The monoisotopic (exact) mass is 576 g/mol. The number of sulfonamides is 1. The molecule has 0 bridgehead atoms. The van der Waals surface area contributed by atoms with Gasteiger partial charge in [-0.05, 0) is 24.1 Å². The van der Waals surface area contributed by atoms with Crippen LogP contribution in [0.1, 0.15) is 11.1 Å². The quantitative estimate of drug-likeness (QED) is 0.284. The van der Waals surface area contributed by atoms with Crippen LogP contribution >= 0.6 is 35.7 Å². The number of hydrogen-bond donors (Lipinski definition) is 2. The summed E-state index contributed by atoms with van der Waals surface area (Å²) in [5, 5.41) is 6.13. The Morgan fingerprint density at radius 1 is 1.17 bits per heavy atom. The summed E-state index contributed by atoms with van der Waals surface area (Å²) in [6.45, 7) is 3.61. The highest BCUT2D eigenvalue weighted by Gasteiger charge is 2.23. The van der Waals surface area contributed by atoms with Gasteiger partial charge in [-0.2, -0.15) is 11.8 Å². The molecule has 1 aromatic carbocycles. The van der Waals surface area contributed by atoms with Crippen molar-refractivity contribution in [1.82, 2.24) is 14.9 Å². The molecule has 166 valence electrons. The smallest absolute Gasteiger partial charge is 0.215 e. The number of sulfone groups is 1. The maximum atomic E-state index is 12.4. The molecule has 2 N–H and O–H groups in total. The van der Waals surface area contributed by atoms with E-state index in [2.05, 4.69) is 15.6 Å². The van der Waals surface area contributed by atoms with E-state index in [0.717, 1.165) is 17.1 Å². The number of benzene rings is 1. The fourth-order valence-electron chi connectivity index (χ4n) is 2.90. The second kappa shape index (κ2) is 11.7. The van der Waals surface area contributed by atoms with Crippen molar-refractivity contribution >= 4 is 61.6 Å². The SMILES string of the molecule is CN=C(NCCS(=O)(=O)N1CCSCC1)NCc1ccc(S(C)(=O)=O)c(C)c1.I. The zero-order chi connectivity index (χ0) is 20.8. The van der Waals surface area contributed by atoms with E-state index < -0.39 is 19.9 Å². The maximum Gasteiger partial charge on any atom is 0.215 e. The molecule has 1 saturated heterocycles. The molecule has 0 atom stereocenters. The molecule has 0 aromatic heterocycles. The highest BCUT2D eigenvalue weighted by molar-refractivity contribution is 14.0. The summed E-state index contributed by atoms with van der Waals surface area (Å²) in [7, 11) is -4.89. The lowest BCUT2D eigenvalue weighted by Crippen LogP contribution is -2.44. The Kier molecular flexibility index (Phi) is 10.7. The molecule has 1 heterocycles. The van der Waals surface area contributed by atoms with Crippen LogP contribution in [0.5, 0.6) is 0 Å². The molecule has 0 saturated carbocycles. The fourth-order valence-corrected chi connectivity index (χ4v) is 6.35. The first-order chi connectivity index (χ1) is 13.1. The number of aryl methyl sites for hydroxylation is 1. The van der Waals surface area contributed by atoms with Crippen molar-refractivity contribution in [2.75, 3.05) is 50.2 Å². The van der Waals surface area contributed by atoms with Crippen LogP contribution in [0.25, 0.3) is 0 Å². The number of halogens is 1. The van der Waals surface area contributed by atoms with E-state index in [0.29, 0.717) is 36.1 Å². The summed E-state index contributed by atoms with van der Waals surface area (Å²) < 4.78 is 49.6. The highest BCUT2D eigenvalue weighted by Crippen LogP contribution is 2.16. The Balaban J connectivity index is 0.00000420. The van der Waals surface area contributed by atoms with Crippen LogP contribution in [-0.2, 0) is 26.4 Å². The predicted octanol–water partition coefficient (Wildman–Crippen LogP) is 1.06. The summed E-state index contributed by atoms with van der Waals surface area (Å²) in [4.78, 5) is 4.42. The number of nitrogens with zero attached hydrogens (tertiary/aromatic N) is 2. The number of rotatable bonds is 7. The summed E-state index contributed by atoms with van der Waals surface area (Å²) in [6.07, 6.45) is 1.19. The average Bonchev–Trinajstić information content (AvgIpc) is 2.64. The molecule has 2 rings (SSSR count). The van der Waals surface area contributed by atoms with Crippen LogP contribution in [0.3, 0.4) is 0 Å². The van der Waals surface area contributed by atoms with Gasteiger partial charge in [-0.15, -0.1) is 24.0 Å². The number of guanidine groups is 1. The Labute approximate surface area is 195 Å². The van der Waals surface area contributed by atoms with Crippen LogP contribution in [0.15, 0.2) is 28.1 Å². The minimum absolute atomic E-state index is 0. The molecular weight excluding hydrogens is 547 g/mol. The van der Waals surface area contributed by atoms with Gasteiger partial charge in [0.2, 0.25) is 10.0 Å². The van der Waals surface area contributed by atoms with Crippen molar-refractivity contribution in [3.8, 4) is 0 Å². The first-order valence-electron chi connectivity index (χ1n) is 8.93. The van der Waals surface area contributed by atoms with Gasteiger partial charge in [-0.25, -0.2) is 21.1 Å². The minimum atomic E-state index is -3.26. The summed E-state index contributed by atoms with van der Waals surface area (Å²) in [6, 6.07) is 5.17. The molecule has 29 heavy (non-hydrogen) atoms. The predicted molar refractivity (Wildman–Crippen MR) is 131 cm³/mol. The lowest BCUT2D eigenvalue weighted by Gasteiger charge is -2.25. The van der Waals surface area contributed by atoms with Crippen molar-refractivity contribution in [3.63, 3.8) is 0 Å². The standard InChI is InChI=1S/C17H28N4O4S3.HI/c1-14-12-15(4-5-16(14)27(3,22)23)13-20-17(18-2)19-6-11-28(24,25)21-7-9-26-10-8-21;/h4-5,12H,6-11,13H2,1-3H3,(H2,18,19,20);1H.